The highest BCUT2D eigenvalue weighted by atomic mass is 35.5. The number of rotatable bonds is 9. The molecule has 1 aromatic rings. The minimum atomic E-state index is -0.484. The summed E-state index contributed by atoms with van der Waals surface area (Å²) in [6.07, 6.45) is 7.89. The fourth-order valence-electron chi connectivity index (χ4n) is 6.51. The van der Waals surface area contributed by atoms with Gasteiger partial charge in [-0.3, -0.25) is 19.7 Å². The van der Waals surface area contributed by atoms with Gasteiger partial charge in [0.05, 0.1) is 11.5 Å². The number of nitro benzene ring substituents is 1. The molecule has 8 nitrogen and oxygen atoms in total. The quantitative estimate of drug-likeness (QED) is 0.433. The monoisotopic (exact) mass is 478 g/mol. The second kappa shape index (κ2) is 10.4. The molecule has 0 heterocycles. The van der Waals surface area contributed by atoms with Crippen LogP contribution in [0.1, 0.15) is 55.3 Å². The van der Waals surface area contributed by atoms with Gasteiger partial charge in [-0.15, -0.1) is 12.4 Å². The molecule has 4 bridgehead atoms. The van der Waals surface area contributed by atoms with Crippen molar-refractivity contribution < 1.29 is 14.5 Å². The molecule has 1 aromatic carbocycles. The van der Waals surface area contributed by atoms with E-state index in [1.54, 1.807) is 4.90 Å². The third-order valence-corrected chi connectivity index (χ3v) is 7.42. The standard InChI is InChI=1S/C24H34N4O4.ClH/c1-26(2)8-3-9-27(23(30)20-4-6-21(7-5-20)28(31)32)16-22(29)25-24-13-17-10-18(14-24)12-19(11-17)15-24;/h4-7,17-19H,3,8-16H2,1-2H3,(H,25,29);1H. The Bertz CT molecular complexity index is 838. The summed E-state index contributed by atoms with van der Waals surface area (Å²) in [6.45, 7) is 1.29. The topological polar surface area (TPSA) is 95.8 Å². The molecule has 182 valence electrons. The Kier molecular flexibility index (Phi) is 8.00. The van der Waals surface area contributed by atoms with Crippen LogP contribution in [-0.4, -0.2) is 65.8 Å². The fraction of sp³-hybridized carbons (Fsp3) is 0.667. The average Bonchev–Trinajstić information content (AvgIpc) is 2.71. The van der Waals surface area contributed by atoms with E-state index in [0.717, 1.165) is 50.0 Å². The molecule has 5 rings (SSSR count). The molecular formula is C24H35ClN4O4. The number of carbonyl (C=O) groups is 2. The Morgan fingerprint density at radius 2 is 1.58 bits per heavy atom. The highest BCUT2D eigenvalue weighted by molar-refractivity contribution is 5.96. The summed E-state index contributed by atoms with van der Waals surface area (Å²) >= 11 is 0. The van der Waals surface area contributed by atoms with Gasteiger partial charge in [0.1, 0.15) is 0 Å². The number of non-ortho nitro benzene ring substituents is 1. The van der Waals surface area contributed by atoms with Crippen LogP contribution in [0.5, 0.6) is 0 Å². The van der Waals surface area contributed by atoms with E-state index in [1.807, 2.05) is 19.0 Å². The number of nitro groups is 1. The largest absolute Gasteiger partial charge is 0.349 e. The first-order valence-corrected chi connectivity index (χ1v) is 11.7. The predicted molar refractivity (Wildman–Crippen MR) is 128 cm³/mol. The third-order valence-electron chi connectivity index (χ3n) is 7.42. The van der Waals surface area contributed by atoms with Gasteiger partial charge in [-0.25, -0.2) is 0 Å². The minimum absolute atomic E-state index is 0. The van der Waals surface area contributed by atoms with Crippen LogP contribution < -0.4 is 5.32 Å². The van der Waals surface area contributed by atoms with Gasteiger partial charge < -0.3 is 15.1 Å². The van der Waals surface area contributed by atoms with Gasteiger partial charge in [0.15, 0.2) is 0 Å². The predicted octanol–water partition coefficient (Wildman–Crippen LogP) is 3.50. The molecule has 4 aliphatic rings. The van der Waals surface area contributed by atoms with E-state index >= 15 is 0 Å². The SMILES string of the molecule is CN(C)CCCN(CC(=O)NC12CC3CC(CC(C3)C1)C2)C(=O)c1ccc([N+](=O)[O-])cc1.Cl. The van der Waals surface area contributed by atoms with Crippen molar-refractivity contribution in [1.82, 2.24) is 15.1 Å². The molecule has 0 aliphatic heterocycles. The molecule has 0 atom stereocenters. The molecule has 33 heavy (non-hydrogen) atoms. The molecule has 0 saturated heterocycles. The summed E-state index contributed by atoms with van der Waals surface area (Å²) in [6, 6.07) is 5.61. The molecule has 0 aromatic heterocycles. The first kappa shape index (κ1) is 25.4. The third kappa shape index (κ3) is 6.03. The van der Waals surface area contributed by atoms with Gasteiger partial charge >= 0.3 is 0 Å². The molecule has 2 amide bonds. The van der Waals surface area contributed by atoms with Crippen molar-refractivity contribution >= 4 is 29.9 Å². The summed E-state index contributed by atoms with van der Waals surface area (Å²) in [4.78, 5) is 40.3. The van der Waals surface area contributed by atoms with Crippen molar-refractivity contribution in [3.05, 3.63) is 39.9 Å². The summed E-state index contributed by atoms with van der Waals surface area (Å²) in [7, 11) is 3.95. The van der Waals surface area contributed by atoms with Crippen molar-refractivity contribution in [1.29, 1.82) is 0 Å². The van der Waals surface area contributed by atoms with Crippen LogP contribution in [0.3, 0.4) is 0 Å². The summed E-state index contributed by atoms with van der Waals surface area (Å²) < 4.78 is 0. The van der Waals surface area contributed by atoms with Crippen LogP contribution in [0.4, 0.5) is 5.69 Å². The van der Waals surface area contributed by atoms with E-state index in [4.69, 9.17) is 0 Å². The zero-order chi connectivity index (χ0) is 22.9. The van der Waals surface area contributed by atoms with Gasteiger partial charge in [-0.05, 0) is 95.5 Å². The minimum Gasteiger partial charge on any atom is -0.349 e. The molecule has 4 fully saturated rings. The number of amides is 2. The van der Waals surface area contributed by atoms with Crippen molar-refractivity contribution in [3.8, 4) is 0 Å². The Morgan fingerprint density at radius 3 is 2.06 bits per heavy atom. The lowest BCUT2D eigenvalue weighted by Gasteiger charge is -2.57. The lowest BCUT2D eigenvalue weighted by molar-refractivity contribution is -0.384. The molecule has 9 heteroatoms. The maximum atomic E-state index is 13.2. The Morgan fingerprint density at radius 1 is 1.03 bits per heavy atom. The van der Waals surface area contributed by atoms with E-state index in [0.29, 0.717) is 12.1 Å². The number of nitrogens with one attached hydrogen (secondary N) is 1. The molecule has 4 aliphatic carbocycles. The summed E-state index contributed by atoms with van der Waals surface area (Å²) in [5.74, 6) is 1.85. The molecular weight excluding hydrogens is 444 g/mol. The van der Waals surface area contributed by atoms with Gasteiger partial charge in [0.25, 0.3) is 11.6 Å². The van der Waals surface area contributed by atoms with Crippen molar-refractivity contribution in [3.63, 3.8) is 0 Å². The second-order valence-corrected chi connectivity index (χ2v) is 10.4. The van der Waals surface area contributed by atoms with Crippen LogP contribution >= 0.6 is 12.4 Å². The molecule has 0 unspecified atom stereocenters. The lowest BCUT2D eigenvalue weighted by atomic mass is 9.53. The normalized spacial score (nSPS) is 27.2. The Balaban J connectivity index is 0.00000306. The number of halogens is 1. The number of benzene rings is 1. The number of carbonyl (C=O) groups excluding carboxylic acids is 2. The van der Waals surface area contributed by atoms with E-state index in [2.05, 4.69) is 5.32 Å². The van der Waals surface area contributed by atoms with Crippen LogP contribution in [0.2, 0.25) is 0 Å². The average molecular weight is 479 g/mol. The summed E-state index contributed by atoms with van der Waals surface area (Å²) in [5, 5.41) is 14.3. The van der Waals surface area contributed by atoms with Crippen molar-refractivity contribution in [2.75, 3.05) is 33.7 Å². The molecule has 1 N–H and O–H groups in total. The highest BCUT2D eigenvalue weighted by Crippen LogP contribution is 2.55. The van der Waals surface area contributed by atoms with E-state index < -0.39 is 4.92 Å². The van der Waals surface area contributed by atoms with Crippen LogP contribution in [0.15, 0.2) is 24.3 Å². The van der Waals surface area contributed by atoms with E-state index in [1.165, 1.54) is 43.5 Å². The van der Waals surface area contributed by atoms with Gasteiger partial charge in [-0.2, -0.15) is 0 Å². The summed E-state index contributed by atoms with van der Waals surface area (Å²) in [5.41, 5.74) is 0.223. The molecule has 0 radical (unpaired) electrons. The second-order valence-electron chi connectivity index (χ2n) is 10.4. The fourth-order valence-corrected chi connectivity index (χ4v) is 6.51. The van der Waals surface area contributed by atoms with Crippen molar-refractivity contribution in [2.24, 2.45) is 17.8 Å². The number of nitrogens with zero attached hydrogens (tertiary/aromatic N) is 3. The van der Waals surface area contributed by atoms with Gasteiger partial charge in [0.2, 0.25) is 5.91 Å². The maximum Gasteiger partial charge on any atom is 0.269 e. The maximum absolute atomic E-state index is 13.2. The molecule has 4 saturated carbocycles. The number of hydrogen-bond acceptors (Lipinski definition) is 5. The smallest absolute Gasteiger partial charge is 0.269 e. The first-order valence-electron chi connectivity index (χ1n) is 11.7. The number of hydrogen-bond donors (Lipinski definition) is 1. The van der Waals surface area contributed by atoms with E-state index in [-0.39, 0.29) is 42.0 Å². The Labute approximate surface area is 201 Å². The van der Waals surface area contributed by atoms with Crippen LogP contribution in [0, 0.1) is 27.9 Å². The zero-order valence-electron chi connectivity index (χ0n) is 19.5. The zero-order valence-corrected chi connectivity index (χ0v) is 20.3. The van der Waals surface area contributed by atoms with Crippen LogP contribution in [0.25, 0.3) is 0 Å². The molecule has 0 spiro atoms. The Hall–Kier alpha value is -2.19. The van der Waals surface area contributed by atoms with Crippen LogP contribution in [-0.2, 0) is 4.79 Å². The van der Waals surface area contributed by atoms with E-state index in [9.17, 15) is 19.7 Å². The lowest BCUT2D eigenvalue weighted by Crippen LogP contribution is -2.61. The van der Waals surface area contributed by atoms with Crippen molar-refractivity contribution in [2.45, 2.75) is 50.5 Å². The van der Waals surface area contributed by atoms with Gasteiger partial charge in [-0.1, -0.05) is 0 Å². The van der Waals surface area contributed by atoms with Gasteiger partial charge in [0, 0.05) is 29.8 Å². The highest BCUT2D eigenvalue weighted by Gasteiger charge is 2.51. The first-order chi connectivity index (χ1) is 15.2.